The fourth-order valence-electron chi connectivity index (χ4n) is 2.47. The minimum absolute atomic E-state index is 0.798. The van der Waals surface area contributed by atoms with Gasteiger partial charge in [-0.05, 0) is 53.4 Å². The number of aromatic nitrogens is 3. The third kappa shape index (κ3) is 2.45. The summed E-state index contributed by atoms with van der Waals surface area (Å²) >= 11 is 5.26. The minimum atomic E-state index is 0.798. The Morgan fingerprint density at radius 1 is 1.14 bits per heavy atom. The number of hydrogen-bond acceptors (Lipinski definition) is 3. The zero-order chi connectivity index (χ0) is 15.1. The van der Waals surface area contributed by atoms with Crippen molar-refractivity contribution in [1.29, 1.82) is 0 Å². The van der Waals surface area contributed by atoms with Gasteiger partial charge in [0.25, 0.3) is 0 Å². The van der Waals surface area contributed by atoms with Crippen LogP contribution < -0.4 is 0 Å². The van der Waals surface area contributed by atoms with Gasteiger partial charge in [0, 0.05) is 22.5 Å². The van der Waals surface area contributed by atoms with Gasteiger partial charge in [-0.25, -0.2) is 9.67 Å². The van der Waals surface area contributed by atoms with Crippen molar-refractivity contribution in [3.63, 3.8) is 0 Å². The van der Waals surface area contributed by atoms with Gasteiger partial charge in [0.1, 0.15) is 0 Å². The van der Waals surface area contributed by atoms with Gasteiger partial charge in [-0.2, -0.15) is 5.10 Å². The van der Waals surface area contributed by atoms with Gasteiger partial charge < -0.3 is 0 Å². The number of rotatable bonds is 2. The second-order valence-corrected chi connectivity index (χ2v) is 6.92. The van der Waals surface area contributed by atoms with Crippen LogP contribution in [0.1, 0.15) is 16.7 Å². The molecule has 0 unspecified atom stereocenters. The summed E-state index contributed by atoms with van der Waals surface area (Å²) in [6.45, 7) is 6.31. The fourth-order valence-corrected chi connectivity index (χ4v) is 4.05. The van der Waals surface area contributed by atoms with Crippen molar-refractivity contribution in [3.8, 4) is 22.1 Å². The van der Waals surface area contributed by atoms with Crippen molar-refractivity contribution in [2.24, 2.45) is 7.05 Å². The van der Waals surface area contributed by atoms with Gasteiger partial charge in [0.15, 0.2) is 11.6 Å². The van der Waals surface area contributed by atoms with Crippen LogP contribution in [0.2, 0.25) is 0 Å². The van der Waals surface area contributed by atoms with Crippen molar-refractivity contribution in [2.45, 2.75) is 20.8 Å². The van der Waals surface area contributed by atoms with Crippen molar-refractivity contribution in [3.05, 3.63) is 44.7 Å². The lowest BCUT2D eigenvalue weighted by atomic mass is 10.0. The zero-order valence-electron chi connectivity index (χ0n) is 12.4. The van der Waals surface area contributed by atoms with Crippen molar-refractivity contribution >= 4 is 27.3 Å². The van der Waals surface area contributed by atoms with E-state index in [2.05, 4.69) is 65.4 Å². The molecule has 2 aromatic heterocycles. The summed E-state index contributed by atoms with van der Waals surface area (Å²) in [6.07, 6.45) is 0. The number of thiophene rings is 1. The van der Waals surface area contributed by atoms with E-state index in [0.717, 1.165) is 26.6 Å². The maximum Gasteiger partial charge on any atom is 0.182 e. The molecule has 5 heteroatoms. The molecule has 0 aliphatic carbocycles. The van der Waals surface area contributed by atoms with Gasteiger partial charge in [-0.3, -0.25) is 0 Å². The Labute approximate surface area is 136 Å². The molecule has 21 heavy (non-hydrogen) atoms. The Kier molecular flexibility index (Phi) is 3.71. The summed E-state index contributed by atoms with van der Waals surface area (Å²) in [7, 11) is 1.95. The summed E-state index contributed by atoms with van der Waals surface area (Å²) in [4.78, 5) is 5.95. The summed E-state index contributed by atoms with van der Waals surface area (Å²) in [5.41, 5.74) is 4.75. The van der Waals surface area contributed by atoms with Crippen LogP contribution in [-0.4, -0.2) is 14.8 Å². The molecular formula is C16H16BrN3S. The van der Waals surface area contributed by atoms with Gasteiger partial charge in [0.05, 0.1) is 4.88 Å². The normalized spacial score (nSPS) is 11.1. The smallest absolute Gasteiger partial charge is 0.182 e. The molecule has 2 heterocycles. The van der Waals surface area contributed by atoms with E-state index in [0.29, 0.717) is 0 Å². The minimum Gasteiger partial charge on any atom is -0.248 e. The van der Waals surface area contributed by atoms with Crippen LogP contribution in [-0.2, 0) is 7.05 Å². The highest BCUT2D eigenvalue weighted by atomic mass is 79.9. The van der Waals surface area contributed by atoms with Crippen LogP contribution in [0.25, 0.3) is 22.1 Å². The fraction of sp³-hybridized carbons (Fsp3) is 0.250. The SMILES string of the molecule is Cc1cccc(C)c1-c1nc(-c2scc(Br)c2C)n(C)n1. The first kappa shape index (κ1) is 14.5. The topological polar surface area (TPSA) is 30.7 Å². The second-order valence-electron chi connectivity index (χ2n) is 5.19. The molecule has 0 saturated heterocycles. The average Bonchev–Trinajstić information content (AvgIpc) is 2.94. The molecule has 0 saturated carbocycles. The van der Waals surface area contributed by atoms with Crippen LogP contribution in [0.3, 0.4) is 0 Å². The highest BCUT2D eigenvalue weighted by Gasteiger charge is 2.17. The first-order valence-corrected chi connectivity index (χ1v) is 8.38. The van der Waals surface area contributed by atoms with Crippen molar-refractivity contribution in [1.82, 2.24) is 14.8 Å². The van der Waals surface area contributed by atoms with E-state index in [9.17, 15) is 0 Å². The third-order valence-corrected chi connectivity index (χ3v) is 5.85. The first-order chi connectivity index (χ1) is 9.99. The average molecular weight is 362 g/mol. The second kappa shape index (κ2) is 5.39. The van der Waals surface area contributed by atoms with E-state index >= 15 is 0 Å². The Morgan fingerprint density at radius 3 is 2.38 bits per heavy atom. The molecule has 0 aliphatic heterocycles. The Hall–Kier alpha value is -1.46. The monoisotopic (exact) mass is 361 g/mol. The number of halogens is 1. The largest absolute Gasteiger partial charge is 0.248 e. The molecule has 0 bridgehead atoms. The van der Waals surface area contributed by atoms with Crippen LogP contribution in [0.4, 0.5) is 0 Å². The highest BCUT2D eigenvalue weighted by molar-refractivity contribution is 9.10. The van der Waals surface area contributed by atoms with Crippen LogP contribution in [0, 0.1) is 20.8 Å². The van der Waals surface area contributed by atoms with Crippen molar-refractivity contribution < 1.29 is 0 Å². The molecule has 1 aromatic carbocycles. The van der Waals surface area contributed by atoms with E-state index in [1.54, 1.807) is 11.3 Å². The molecule has 0 fully saturated rings. The first-order valence-electron chi connectivity index (χ1n) is 6.70. The molecule has 0 radical (unpaired) electrons. The van der Waals surface area contributed by atoms with E-state index in [4.69, 9.17) is 4.98 Å². The van der Waals surface area contributed by atoms with Gasteiger partial charge in [0.2, 0.25) is 0 Å². The van der Waals surface area contributed by atoms with Gasteiger partial charge in [-0.1, -0.05) is 18.2 Å². The maximum absolute atomic E-state index is 4.79. The third-order valence-electron chi connectivity index (χ3n) is 3.65. The summed E-state index contributed by atoms with van der Waals surface area (Å²) in [6, 6.07) is 6.27. The molecule has 0 N–H and O–H groups in total. The summed E-state index contributed by atoms with van der Waals surface area (Å²) in [5, 5.41) is 6.72. The van der Waals surface area contributed by atoms with Gasteiger partial charge >= 0.3 is 0 Å². The summed E-state index contributed by atoms with van der Waals surface area (Å²) < 4.78 is 2.99. The van der Waals surface area contributed by atoms with Crippen LogP contribution in [0.5, 0.6) is 0 Å². The number of nitrogens with zero attached hydrogens (tertiary/aromatic N) is 3. The number of hydrogen-bond donors (Lipinski definition) is 0. The molecule has 0 atom stereocenters. The number of benzene rings is 1. The van der Waals surface area contributed by atoms with Crippen LogP contribution in [0.15, 0.2) is 28.1 Å². The Morgan fingerprint density at radius 2 is 1.81 bits per heavy atom. The molecule has 3 aromatic rings. The molecular weight excluding hydrogens is 346 g/mol. The predicted octanol–water partition coefficient (Wildman–Crippen LogP) is 4.90. The van der Waals surface area contributed by atoms with E-state index in [-0.39, 0.29) is 0 Å². The Balaban J connectivity index is 2.17. The molecule has 108 valence electrons. The van der Waals surface area contributed by atoms with Gasteiger partial charge in [-0.15, -0.1) is 11.3 Å². The molecule has 3 rings (SSSR count). The lowest BCUT2D eigenvalue weighted by molar-refractivity contribution is 0.778. The van der Waals surface area contributed by atoms with E-state index < -0.39 is 0 Å². The predicted molar refractivity (Wildman–Crippen MR) is 91.7 cm³/mol. The lowest BCUT2D eigenvalue weighted by Gasteiger charge is -2.04. The number of aryl methyl sites for hydroxylation is 3. The molecule has 0 aliphatic rings. The quantitative estimate of drug-likeness (QED) is 0.649. The zero-order valence-corrected chi connectivity index (χ0v) is 14.8. The molecule has 3 nitrogen and oxygen atoms in total. The molecule has 0 spiro atoms. The van der Waals surface area contributed by atoms with E-state index in [1.165, 1.54) is 16.7 Å². The highest BCUT2D eigenvalue weighted by Crippen LogP contribution is 2.35. The Bertz CT molecular complexity index is 797. The van der Waals surface area contributed by atoms with Crippen molar-refractivity contribution in [2.75, 3.05) is 0 Å². The summed E-state index contributed by atoms with van der Waals surface area (Å²) in [5.74, 6) is 1.72. The lowest BCUT2D eigenvalue weighted by Crippen LogP contribution is -1.94. The molecule has 0 amide bonds. The van der Waals surface area contributed by atoms with E-state index in [1.807, 2.05) is 11.7 Å². The standard InChI is InChI=1S/C16H16BrN3S/c1-9-6-5-7-10(2)13(9)15-18-16(20(4)19-15)14-11(3)12(17)8-21-14/h5-8H,1-4H3. The maximum atomic E-state index is 4.79. The van der Waals surface area contributed by atoms with Crippen LogP contribution >= 0.6 is 27.3 Å².